The highest BCUT2D eigenvalue weighted by Gasteiger charge is 2.31. The first kappa shape index (κ1) is 17.0. The Morgan fingerprint density at radius 3 is 2.70 bits per heavy atom. The molecule has 0 aliphatic carbocycles. The van der Waals surface area contributed by atoms with Crippen LogP contribution in [0.3, 0.4) is 0 Å². The van der Waals surface area contributed by atoms with Gasteiger partial charge >= 0.3 is 0 Å². The number of hydrogen-bond donors (Lipinski definition) is 1. The van der Waals surface area contributed by atoms with Crippen molar-refractivity contribution in [3.05, 3.63) is 78.1 Å². The van der Waals surface area contributed by atoms with Gasteiger partial charge in [0.15, 0.2) is 0 Å². The van der Waals surface area contributed by atoms with E-state index in [1.165, 1.54) is 0 Å². The molecule has 136 valence electrons. The van der Waals surface area contributed by atoms with Crippen LogP contribution in [-0.2, 0) is 4.79 Å². The van der Waals surface area contributed by atoms with Crippen molar-refractivity contribution >= 4 is 17.5 Å². The van der Waals surface area contributed by atoms with Crippen molar-refractivity contribution in [2.24, 2.45) is 0 Å². The van der Waals surface area contributed by atoms with Crippen molar-refractivity contribution < 1.29 is 9.59 Å². The van der Waals surface area contributed by atoms with Gasteiger partial charge in [-0.2, -0.15) is 5.10 Å². The quantitative estimate of drug-likeness (QED) is 0.778. The van der Waals surface area contributed by atoms with Gasteiger partial charge in [0.05, 0.1) is 11.7 Å². The molecule has 0 spiro atoms. The Morgan fingerprint density at radius 1 is 1.11 bits per heavy atom. The van der Waals surface area contributed by atoms with Crippen LogP contribution in [0.15, 0.2) is 67.0 Å². The van der Waals surface area contributed by atoms with E-state index in [-0.39, 0.29) is 17.9 Å². The minimum absolute atomic E-state index is 0.0243. The molecule has 3 aromatic rings. The Morgan fingerprint density at radius 2 is 1.93 bits per heavy atom. The third-order valence-electron chi connectivity index (χ3n) is 4.65. The number of rotatable bonds is 4. The summed E-state index contributed by atoms with van der Waals surface area (Å²) in [7, 11) is 0. The number of aromatic nitrogens is 2. The fourth-order valence-electron chi connectivity index (χ4n) is 3.33. The Kier molecular flexibility index (Phi) is 4.46. The second-order valence-corrected chi connectivity index (χ2v) is 6.72. The van der Waals surface area contributed by atoms with E-state index < -0.39 is 0 Å². The molecule has 0 unspecified atom stereocenters. The molecule has 1 atom stereocenters. The van der Waals surface area contributed by atoms with Gasteiger partial charge < -0.3 is 10.2 Å². The van der Waals surface area contributed by atoms with Gasteiger partial charge in [-0.25, -0.2) is 4.68 Å². The van der Waals surface area contributed by atoms with Crippen molar-refractivity contribution in [2.45, 2.75) is 19.4 Å². The molecular weight excluding hydrogens is 340 g/mol. The predicted octanol–water partition coefficient (Wildman–Crippen LogP) is 2.72. The summed E-state index contributed by atoms with van der Waals surface area (Å²) in [4.78, 5) is 26.8. The number of nitrogens with one attached hydrogen (secondary N) is 1. The van der Waals surface area contributed by atoms with Crippen LogP contribution in [0.4, 0.5) is 5.69 Å². The van der Waals surface area contributed by atoms with E-state index in [1.54, 1.807) is 27.9 Å². The Bertz CT molecular complexity index is 981. The van der Waals surface area contributed by atoms with E-state index in [1.807, 2.05) is 55.6 Å². The first-order valence-corrected chi connectivity index (χ1v) is 8.88. The van der Waals surface area contributed by atoms with Gasteiger partial charge in [-0.15, -0.1) is 0 Å². The first-order chi connectivity index (χ1) is 13.1. The van der Waals surface area contributed by atoms with E-state index in [2.05, 4.69) is 10.4 Å². The molecule has 1 aromatic heterocycles. The van der Waals surface area contributed by atoms with Gasteiger partial charge in [0.2, 0.25) is 5.91 Å². The van der Waals surface area contributed by atoms with E-state index >= 15 is 0 Å². The molecule has 0 bridgehead atoms. The van der Waals surface area contributed by atoms with Gasteiger partial charge in [-0.05, 0) is 48.9 Å². The van der Waals surface area contributed by atoms with Crippen LogP contribution in [0.25, 0.3) is 5.69 Å². The van der Waals surface area contributed by atoms with Crippen molar-refractivity contribution in [3.63, 3.8) is 0 Å². The highest BCUT2D eigenvalue weighted by Crippen LogP contribution is 2.22. The number of amides is 2. The van der Waals surface area contributed by atoms with Crippen LogP contribution in [0.5, 0.6) is 0 Å². The van der Waals surface area contributed by atoms with Crippen molar-refractivity contribution in [1.82, 2.24) is 15.1 Å². The molecule has 6 heteroatoms. The second-order valence-electron chi connectivity index (χ2n) is 6.72. The lowest BCUT2D eigenvalue weighted by atomic mass is 10.1. The maximum absolute atomic E-state index is 12.7. The summed E-state index contributed by atoms with van der Waals surface area (Å²) in [6.45, 7) is 2.47. The summed E-state index contributed by atoms with van der Waals surface area (Å²) in [6.07, 6.45) is 3.82. The van der Waals surface area contributed by atoms with Gasteiger partial charge in [0, 0.05) is 36.6 Å². The lowest BCUT2D eigenvalue weighted by Gasteiger charge is -2.18. The van der Waals surface area contributed by atoms with Crippen LogP contribution < -0.4 is 10.2 Å². The number of carbonyl (C=O) groups excluding carboxylic acids is 2. The number of hydrogen-bond acceptors (Lipinski definition) is 3. The zero-order chi connectivity index (χ0) is 18.8. The topological polar surface area (TPSA) is 67.2 Å². The molecule has 0 radical (unpaired) electrons. The normalized spacial score (nSPS) is 16.6. The van der Waals surface area contributed by atoms with Gasteiger partial charge in [0.1, 0.15) is 0 Å². The maximum Gasteiger partial charge on any atom is 0.251 e. The molecular formula is C21H20N4O2. The van der Waals surface area contributed by atoms with E-state index in [0.717, 1.165) is 16.9 Å². The molecule has 1 aliphatic heterocycles. The summed E-state index contributed by atoms with van der Waals surface area (Å²) in [5, 5.41) is 7.17. The summed E-state index contributed by atoms with van der Waals surface area (Å²) in [5.41, 5.74) is 3.33. The van der Waals surface area contributed by atoms with Crippen molar-refractivity contribution in [2.75, 3.05) is 11.4 Å². The molecule has 1 fully saturated rings. The fraction of sp³-hybridized carbons (Fsp3) is 0.190. The predicted molar refractivity (Wildman–Crippen MR) is 103 cm³/mol. The Labute approximate surface area is 157 Å². The zero-order valence-electron chi connectivity index (χ0n) is 15.0. The molecule has 4 rings (SSSR count). The summed E-state index contributed by atoms with van der Waals surface area (Å²) in [6, 6.07) is 16.7. The highest BCUT2D eigenvalue weighted by molar-refractivity contribution is 5.99. The molecule has 27 heavy (non-hydrogen) atoms. The molecule has 2 amide bonds. The van der Waals surface area contributed by atoms with Crippen LogP contribution >= 0.6 is 0 Å². The molecule has 2 aromatic carbocycles. The van der Waals surface area contributed by atoms with E-state index in [4.69, 9.17) is 0 Å². The third kappa shape index (κ3) is 3.60. The molecule has 6 nitrogen and oxygen atoms in total. The second kappa shape index (κ2) is 7.07. The van der Waals surface area contributed by atoms with Gasteiger partial charge in [-0.1, -0.05) is 18.2 Å². The van der Waals surface area contributed by atoms with Crippen molar-refractivity contribution in [3.8, 4) is 5.69 Å². The van der Waals surface area contributed by atoms with Crippen LogP contribution in [0.2, 0.25) is 0 Å². The zero-order valence-corrected chi connectivity index (χ0v) is 15.0. The number of anilines is 1. The van der Waals surface area contributed by atoms with Gasteiger partial charge in [0.25, 0.3) is 5.91 Å². The standard InChI is InChI=1S/C21H20N4O2/c1-15-5-2-7-18(11-15)24-14-17(13-20(24)26)23-21(27)16-6-3-8-19(12-16)25-10-4-9-22-25/h2-12,17H,13-14H2,1H3,(H,23,27)/t17-/m1/s1. The third-order valence-corrected chi connectivity index (χ3v) is 4.65. The van der Waals surface area contributed by atoms with Crippen molar-refractivity contribution in [1.29, 1.82) is 0 Å². The summed E-state index contributed by atoms with van der Waals surface area (Å²) < 4.78 is 1.70. The fourth-order valence-corrected chi connectivity index (χ4v) is 3.33. The van der Waals surface area contributed by atoms with Crippen LogP contribution in [0, 0.1) is 6.92 Å². The molecule has 1 saturated heterocycles. The van der Waals surface area contributed by atoms with Crippen LogP contribution in [-0.4, -0.2) is 34.2 Å². The minimum atomic E-state index is -0.209. The molecule has 2 heterocycles. The lowest BCUT2D eigenvalue weighted by Crippen LogP contribution is -2.37. The monoisotopic (exact) mass is 360 g/mol. The number of benzene rings is 2. The summed E-state index contributed by atoms with van der Waals surface area (Å²) in [5.74, 6) is -0.163. The summed E-state index contributed by atoms with van der Waals surface area (Å²) >= 11 is 0. The number of aryl methyl sites for hydroxylation is 1. The average molecular weight is 360 g/mol. The minimum Gasteiger partial charge on any atom is -0.347 e. The maximum atomic E-state index is 12.7. The van der Waals surface area contributed by atoms with E-state index in [0.29, 0.717) is 18.5 Å². The Balaban J connectivity index is 1.46. The molecule has 0 saturated carbocycles. The first-order valence-electron chi connectivity index (χ1n) is 8.88. The Hall–Kier alpha value is -3.41. The SMILES string of the molecule is Cc1cccc(N2C[C@H](NC(=O)c3cccc(-n4cccn4)c3)CC2=O)c1. The van der Waals surface area contributed by atoms with E-state index in [9.17, 15) is 9.59 Å². The lowest BCUT2D eigenvalue weighted by molar-refractivity contribution is -0.117. The average Bonchev–Trinajstić information content (AvgIpc) is 3.32. The van der Waals surface area contributed by atoms with Gasteiger partial charge in [-0.3, -0.25) is 9.59 Å². The molecule has 1 aliphatic rings. The number of carbonyl (C=O) groups is 2. The molecule has 1 N–H and O–H groups in total. The van der Waals surface area contributed by atoms with Crippen LogP contribution in [0.1, 0.15) is 22.3 Å². The highest BCUT2D eigenvalue weighted by atomic mass is 16.2. The largest absolute Gasteiger partial charge is 0.347 e. The number of nitrogens with zero attached hydrogens (tertiary/aromatic N) is 3. The smallest absolute Gasteiger partial charge is 0.251 e.